The summed E-state index contributed by atoms with van der Waals surface area (Å²) in [5.41, 5.74) is 17.9. The summed E-state index contributed by atoms with van der Waals surface area (Å²) >= 11 is 0. The molecule has 0 aromatic heterocycles. The van der Waals surface area contributed by atoms with Crippen molar-refractivity contribution in [1.29, 1.82) is 0 Å². The predicted molar refractivity (Wildman–Crippen MR) is 169 cm³/mol. The van der Waals surface area contributed by atoms with Crippen LogP contribution in [0.15, 0.2) is 69.9 Å². The second-order valence-corrected chi connectivity index (χ2v) is 11.6. The highest BCUT2D eigenvalue weighted by molar-refractivity contribution is 5.96. The van der Waals surface area contributed by atoms with Gasteiger partial charge in [0.1, 0.15) is 0 Å². The lowest BCUT2D eigenvalue weighted by Gasteiger charge is -2.17. The highest BCUT2D eigenvalue weighted by atomic mass is 15.4. The number of aliphatic imine (C=N–C) groups is 2. The Balaban J connectivity index is 2.22. The Bertz CT molecular complexity index is 1060. The van der Waals surface area contributed by atoms with E-state index >= 15 is 0 Å². The molecule has 4 nitrogen and oxygen atoms in total. The van der Waals surface area contributed by atoms with Crippen LogP contribution in [0.5, 0.6) is 0 Å². The third-order valence-electron chi connectivity index (χ3n) is 6.57. The van der Waals surface area contributed by atoms with Crippen molar-refractivity contribution in [2.75, 3.05) is 0 Å². The summed E-state index contributed by atoms with van der Waals surface area (Å²) in [6, 6.07) is 13.1. The fourth-order valence-electron chi connectivity index (χ4n) is 4.59. The van der Waals surface area contributed by atoms with Crippen molar-refractivity contribution in [3.63, 3.8) is 0 Å². The topological polar surface area (TPSA) is 48.8 Å². The minimum atomic E-state index is 0.423. The van der Waals surface area contributed by atoms with E-state index < -0.39 is 0 Å². The van der Waals surface area contributed by atoms with E-state index in [2.05, 4.69) is 129 Å². The van der Waals surface area contributed by atoms with Gasteiger partial charge in [0.05, 0.1) is 11.4 Å². The van der Waals surface area contributed by atoms with Gasteiger partial charge in [-0.05, 0) is 85.8 Å². The molecule has 0 saturated heterocycles. The molecule has 0 aliphatic heterocycles. The summed E-state index contributed by atoms with van der Waals surface area (Å²) in [4.78, 5) is 10.1. The molecule has 0 aliphatic carbocycles. The van der Waals surface area contributed by atoms with Crippen LogP contribution < -0.4 is 10.9 Å². The number of hydrogen-bond donors (Lipinski definition) is 2. The van der Waals surface area contributed by atoms with Crippen LogP contribution >= 0.6 is 0 Å². The van der Waals surface area contributed by atoms with Crippen molar-refractivity contribution in [2.24, 2.45) is 9.98 Å². The molecule has 38 heavy (non-hydrogen) atoms. The SMILES string of the molecule is CC(=CC(C)=Nc1c(C(C)C)cccc1C(C)C)NNC(C)=CC(C)=Nc1c(C(C)C)cccc1C(C)C. The molecule has 0 spiro atoms. The summed E-state index contributed by atoms with van der Waals surface area (Å²) in [5.74, 6) is 1.69. The number of nitrogens with zero attached hydrogens (tertiary/aromatic N) is 2. The Labute approximate surface area is 232 Å². The van der Waals surface area contributed by atoms with E-state index in [-0.39, 0.29) is 0 Å². The van der Waals surface area contributed by atoms with Gasteiger partial charge in [0.2, 0.25) is 0 Å². The molecule has 0 fully saturated rings. The van der Waals surface area contributed by atoms with Gasteiger partial charge < -0.3 is 10.9 Å². The first kappa shape index (κ1) is 31.1. The summed E-state index contributed by atoms with van der Waals surface area (Å²) in [5, 5.41) is 0. The van der Waals surface area contributed by atoms with Gasteiger partial charge in [-0.2, -0.15) is 0 Å². The molecule has 0 radical (unpaired) electrons. The average Bonchev–Trinajstić information content (AvgIpc) is 2.82. The van der Waals surface area contributed by atoms with Crippen molar-refractivity contribution >= 4 is 22.8 Å². The zero-order valence-corrected chi connectivity index (χ0v) is 25.8. The smallest absolute Gasteiger partial charge is 0.0701 e. The van der Waals surface area contributed by atoms with Crippen LogP contribution in [0.2, 0.25) is 0 Å². The van der Waals surface area contributed by atoms with Crippen LogP contribution in [0.4, 0.5) is 11.4 Å². The lowest BCUT2D eigenvalue weighted by atomic mass is 9.93. The molecule has 0 atom stereocenters. The van der Waals surface area contributed by atoms with E-state index in [1.54, 1.807) is 0 Å². The molecule has 0 heterocycles. The number of nitrogens with one attached hydrogen (secondary N) is 2. The number of rotatable bonds is 11. The van der Waals surface area contributed by atoms with E-state index in [0.29, 0.717) is 23.7 Å². The Kier molecular flexibility index (Phi) is 11.6. The van der Waals surface area contributed by atoms with Gasteiger partial charge in [-0.3, -0.25) is 9.98 Å². The van der Waals surface area contributed by atoms with E-state index in [9.17, 15) is 0 Å². The number of para-hydroxylation sites is 2. The molecule has 0 amide bonds. The fraction of sp³-hybridized carbons (Fsp3) is 0.471. The first-order chi connectivity index (χ1) is 17.8. The van der Waals surface area contributed by atoms with E-state index in [1.807, 2.05) is 13.8 Å². The molecular formula is C34H50N4. The van der Waals surface area contributed by atoms with Gasteiger partial charge in [0, 0.05) is 22.8 Å². The van der Waals surface area contributed by atoms with Crippen molar-refractivity contribution in [1.82, 2.24) is 10.9 Å². The summed E-state index contributed by atoms with van der Waals surface area (Å²) in [6.45, 7) is 26.0. The minimum absolute atomic E-state index is 0.423. The van der Waals surface area contributed by atoms with E-state index in [4.69, 9.17) is 9.98 Å². The molecule has 0 aliphatic rings. The number of hydrogen-bond acceptors (Lipinski definition) is 4. The van der Waals surface area contributed by atoms with Gasteiger partial charge in [-0.1, -0.05) is 91.8 Å². The maximum atomic E-state index is 5.05. The van der Waals surface area contributed by atoms with Gasteiger partial charge in [0.25, 0.3) is 0 Å². The average molecular weight is 515 g/mol. The van der Waals surface area contributed by atoms with Gasteiger partial charge in [-0.25, -0.2) is 0 Å². The van der Waals surface area contributed by atoms with Crippen LogP contribution in [-0.4, -0.2) is 11.4 Å². The molecule has 0 bridgehead atoms. The van der Waals surface area contributed by atoms with Gasteiger partial charge >= 0.3 is 0 Å². The highest BCUT2D eigenvalue weighted by Crippen LogP contribution is 2.36. The van der Waals surface area contributed by atoms with Crippen LogP contribution in [-0.2, 0) is 0 Å². The summed E-state index contributed by atoms with van der Waals surface area (Å²) in [7, 11) is 0. The number of hydrazine groups is 1. The number of allylic oxidation sites excluding steroid dienone is 4. The van der Waals surface area contributed by atoms with Crippen LogP contribution in [0.3, 0.4) is 0 Å². The quantitative estimate of drug-likeness (QED) is 0.231. The van der Waals surface area contributed by atoms with Crippen molar-refractivity contribution in [3.8, 4) is 0 Å². The molecule has 0 saturated carbocycles. The second kappa shape index (κ2) is 14.1. The van der Waals surface area contributed by atoms with Crippen molar-refractivity contribution in [2.45, 2.75) is 107 Å². The Hall–Kier alpha value is -3.14. The third-order valence-corrected chi connectivity index (χ3v) is 6.57. The molecule has 2 rings (SSSR count). The number of benzene rings is 2. The van der Waals surface area contributed by atoms with Crippen molar-refractivity contribution in [3.05, 3.63) is 82.2 Å². The normalized spacial score (nSPS) is 13.8. The zero-order chi connectivity index (χ0) is 28.6. The maximum Gasteiger partial charge on any atom is 0.0701 e. The van der Waals surface area contributed by atoms with Gasteiger partial charge in [-0.15, -0.1) is 0 Å². The highest BCUT2D eigenvalue weighted by Gasteiger charge is 2.14. The monoisotopic (exact) mass is 514 g/mol. The molecule has 0 unspecified atom stereocenters. The van der Waals surface area contributed by atoms with E-state index in [0.717, 1.165) is 34.2 Å². The predicted octanol–water partition coefficient (Wildman–Crippen LogP) is 9.97. The minimum Gasteiger partial charge on any atom is -0.306 e. The Morgan fingerprint density at radius 3 is 1.03 bits per heavy atom. The molecule has 2 aromatic carbocycles. The molecule has 206 valence electrons. The van der Waals surface area contributed by atoms with Crippen LogP contribution in [0.1, 0.15) is 129 Å². The third kappa shape index (κ3) is 8.72. The van der Waals surface area contributed by atoms with Crippen LogP contribution in [0, 0.1) is 0 Å². The Morgan fingerprint density at radius 2 is 0.789 bits per heavy atom. The molecule has 2 aromatic rings. The summed E-state index contributed by atoms with van der Waals surface area (Å²) in [6.07, 6.45) is 4.16. The molecule has 4 heteroatoms. The lowest BCUT2D eigenvalue weighted by molar-refractivity contribution is 0.691. The molecular weight excluding hydrogens is 464 g/mol. The zero-order valence-electron chi connectivity index (χ0n) is 25.8. The Morgan fingerprint density at radius 1 is 0.526 bits per heavy atom. The largest absolute Gasteiger partial charge is 0.306 e. The van der Waals surface area contributed by atoms with Crippen molar-refractivity contribution < 1.29 is 0 Å². The van der Waals surface area contributed by atoms with Gasteiger partial charge in [0.15, 0.2) is 0 Å². The fourth-order valence-corrected chi connectivity index (χ4v) is 4.59. The first-order valence-corrected chi connectivity index (χ1v) is 14.1. The van der Waals surface area contributed by atoms with E-state index in [1.165, 1.54) is 22.3 Å². The maximum absolute atomic E-state index is 5.05. The lowest BCUT2D eigenvalue weighted by Crippen LogP contribution is -2.29. The summed E-state index contributed by atoms with van der Waals surface area (Å²) < 4.78 is 0. The second-order valence-electron chi connectivity index (χ2n) is 11.6. The first-order valence-electron chi connectivity index (χ1n) is 14.1. The standard InChI is InChI=1S/C34H50N4/c1-21(2)29-15-13-16-30(22(3)4)33(29)35-25(9)19-27(11)37-38-28(12)20-26(10)36-34-31(23(5)6)17-14-18-32(34)24(7)8/h13-24,37-38H,1-12H3. The molecule has 2 N–H and O–H groups in total. The van der Waals surface area contributed by atoms with Crippen LogP contribution in [0.25, 0.3) is 0 Å².